The molecule has 0 atom stereocenters. The minimum absolute atomic E-state index is 0. The molecule has 0 aliphatic carbocycles. The zero-order valence-corrected chi connectivity index (χ0v) is 26.7. The Bertz CT molecular complexity index is 947. The number of nitrogens with two attached hydrogens (primary N) is 1. The van der Waals surface area contributed by atoms with E-state index in [1.807, 2.05) is 36.4 Å². The van der Waals surface area contributed by atoms with Crippen molar-refractivity contribution in [3.05, 3.63) is 95.6 Å². The molecule has 0 radical (unpaired) electrons. The number of nitrogens with zero attached hydrogens (tertiary/aromatic N) is 3. The first-order chi connectivity index (χ1) is 17.3. The summed E-state index contributed by atoms with van der Waals surface area (Å²) in [6.07, 6.45) is 5.88. The predicted molar refractivity (Wildman–Crippen MR) is 178 cm³/mol. The van der Waals surface area contributed by atoms with Crippen molar-refractivity contribution in [2.75, 3.05) is 52.4 Å². The van der Waals surface area contributed by atoms with E-state index in [2.05, 4.69) is 55.1 Å². The first-order valence-corrected chi connectivity index (χ1v) is 12.8. The van der Waals surface area contributed by atoms with Crippen molar-refractivity contribution in [1.29, 1.82) is 0 Å². The molecule has 0 spiro atoms. The van der Waals surface area contributed by atoms with Crippen molar-refractivity contribution in [1.82, 2.24) is 30.8 Å². The van der Waals surface area contributed by atoms with E-state index in [1.165, 1.54) is 5.56 Å². The highest BCUT2D eigenvalue weighted by atomic mass is 35.5. The number of pyridine rings is 2. The van der Waals surface area contributed by atoms with Crippen LogP contribution in [0.15, 0.2) is 73.1 Å². The highest BCUT2D eigenvalue weighted by molar-refractivity contribution is 5.86. The molecule has 1 aromatic carbocycles. The monoisotopic (exact) mass is 653 g/mol. The first kappa shape index (κ1) is 40.9. The molecular formula is C28H44Cl5N7. The Hall–Kier alpha value is -1.23. The molecule has 12 heteroatoms. The van der Waals surface area contributed by atoms with Gasteiger partial charge >= 0.3 is 0 Å². The number of nitrogens with one attached hydrogen (secondary N) is 3. The number of hydrogen-bond acceptors (Lipinski definition) is 7. The number of rotatable bonds is 5. The van der Waals surface area contributed by atoms with Gasteiger partial charge in [-0.1, -0.05) is 36.4 Å². The fraction of sp³-hybridized carbons (Fsp3) is 0.429. The minimum atomic E-state index is -0.907. The normalized spacial score (nSPS) is 15.3. The smallest absolute Gasteiger partial charge is 0.127 e. The van der Waals surface area contributed by atoms with Crippen LogP contribution < -0.4 is 21.7 Å². The Labute approximate surface area is 270 Å². The Kier molecular flexibility index (Phi) is 22.9. The first-order valence-electron chi connectivity index (χ1n) is 12.8. The number of aromatic nitrogens is 2. The molecule has 3 heterocycles. The van der Waals surface area contributed by atoms with Crippen LogP contribution in [-0.2, 0) is 12.1 Å². The lowest BCUT2D eigenvalue weighted by Gasteiger charge is -2.29. The lowest BCUT2D eigenvalue weighted by molar-refractivity contribution is 0.260. The maximum absolute atomic E-state index is 7.06. The molecule has 0 bridgehead atoms. The molecule has 3 aromatic rings. The van der Waals surface area contributed by atoms with Crippen molar-refractivity contribution < 1.29 is 0 Å². The summed E-state index contributed by atoms with van der Waals surface area (Å²) in [5.41, 5.74) is 10.0. The molecule has 1 aliphatic rings. The molecule has 40 heavy (non-hydrogen) atoms. The summed E-state index contributed by atoms with van der Waals surface area (Å²) >= 11 is 0. The summed E-state index contributed by atoms with van der Waals surface area (Å²) in [4.78, 5) is 11.7. The molecule has 2 aromatic heterocycles. The third kappa shape index (κ3) is 11.9. The molecule has 0 amide bonds. The lowest BCUT2D eigenvalue weighted by Crippen LogP contribution is -2.41. The summed E-state index contributed by atoms with van der Waals surface area (Å²) in [5, 5.41) is 10.6. The quantitative estimate of drug-likeness (QED) is 0.328. The third-order valence-corrected chi connectivity index (χ3v) is 6.57. The summed E-state index contributed by atoms with van der Waals surface area (Å²) in [6.45, 7) is 9.30. The van der Waals surface area contributed by atoms with E-state index < -0.39 is 5.54 Å². The Morgan fingerprint density at radius 1 is 0.625 bits per heavy atom. The fourth-order valence-corrected chi connectivity index (χ4v) is 4.58. The van der Waals surface area contributed by atoms with Crippen molar-refractivity contribution in [2.45, 2.75) is 24.9 Å². The van der Waals surface area contributed by atoms with Crippen molar-refractivity contribution in [3.63, 3.8) is 0 Å². The van der Waals surface area contributed by atoms with Gasteiger partial charge in [-0.3, -0.25) is 14.9 Å². The second kappa shape index (κ2) is 22.4. The number of halogens is 5. The molecule has 5 N–H and O–H groups in total. The molecule has 1 fully saturated rings. The molecule has 1 aliphatic heterocycles. The van der Waals surface area contributed by atoms with Gasteiger partial charge in [0.15, 0.2) is 0 Å². The van der Waals surface area contributed by atoms with Gasteiger partial charge in [0.25, 0.3) is 0 Å². The third-order valence-electron chi connectivity index (χ3n) is 6.57. The van der Waals surface area contributed by atoms with E-state index in [4.69, 9.17) is 5.73 Å². The highest BCUT2D eigenvalue weighted by Gasteiger charge is 2.34. The molecular weight excluding hydrogens is 612 g/mol. The zero-order chi connectivity index (χ0) is 24.2. The van der Waals surface area contributed by atoms with Gasteiger partial charge in [-0.15, -0.1) is 62.0 Å². The van der Waals surface area contributed by atoms with Crippen LogP contribution in [0.5, 0.6) is 0 Å². The minimum Gasteiger partial charge on any atom is -0.315 e. The molecule has 0 unspecified atom stereocenters. The average molecular weight is 656 g/mol. The fourth-order valence-electron chi connectivity index (χ4n) is 4.58. The van der Waals surface area contributed by atoms with Crippen LogP contribution in [-0.4, -0.2) is 67.2 Å². The van der Waals surface area contributed by atoms with Crippen molar-refractivity contribution in [3.8, 4) is 0 Å². The van der Waals surface area contributed by atoms with Gasteiger partial charge in [0.1, 0.15) is 5.54 Å². The molecule has 4 rings (SSSR count). The average Bonchev–Trinajstić information content (AvgIpc) is 2.92. The van der Waals surface area contributed by atoms with Crippen molar-refractivity contribution in [2.24, 2.45) is 5.73 Å². The molecule has 7 nitrogen and oxygen atoms in total. The van der Waals surface area contributed by atoms with E-state index >= 15 is 0 Å². The van der Waals surface area contributed by atoms with E-state index in [0.717, 1.165) is 88.7 Å². The van der Waals surface area contributed by atoms with Crippen LogP contribution in [0, 0.1) is 0 Å². The van der Waals surface area contributed by atoms with E-state index in [1.54, 1.807) is 12.4 Å². The summed E-state index contributed by atoms with van der Waals surface area (Å²) in [7, 11) is 0. The van der Waals surface area contributed by atoms with Crippen LogP contribution in [0.3, 0.4) is 0 Å². The predicted octanol–water partition coefficient (Wildman–Crippen LogP) is 4.20. The van der Waals surface area contributed by atoms with Crippen LogP contribution >= 0.6 is 62.0 Å². The van der Waals surface area contributed by atoms with Gasteiger partial charge < -0.3 is 21.7 Å². The maximum atomic E-state index is 7.06. The summed E-state index contributed by atoms with van der Waals surface area (Å²) in [6, 6.07) is 20.4. The SMILES string of the molecule is Cl.Cl.Cl.Cl.Cl.NC(c1ccc(CN2CCCNCCNCCCNCC2)cc1)(c1ccccn1)c1ccccn1. The molecule has 0 saturated carbocycles. The van der Waals surface area contributed by atoms with E-state index in [-0.39, 0.29) is 62.0 Å². The van der Waals surface area contributed by atoms with Gasteiger partial charge in [0.05, 0.1) is 11.4 Å². The highest BCUT2D eigenvalue weighted by Crippen LogP contribution is 2.32. The van der Waals surface area contributed by atoms with Gasteiger partial charge in [-0.05, 0) is 74.4 Å². The van der Waals surface area contributed by atoms with E-state index in [9.17, 15) is 0 Å². The lowest BCUT2D eigenvalue weighted by atomic mass is 9.83. The topological polar surface area (TPSA) is 91.1 Å². The number of benzene rings is 1. The van der Waals surface area contributed by atoms with Crippen LogP contribution in [0.2, 0.25) is 0 Å². The van der Waals surface area contributed by atoms with Crippen LogP contribution in [0.4, 0.5) is 0 Å². The largest absolute Gasteiger partial charge is 0.315 e. The van der Waals surface area contributed by atoms with Gasteiger partial charge in [0.2, 0.25) is 0 Å². The van der Waals surface area contributed by atoms with Crippen LogP contribution in [0.25, 0.3) is 0 Å². The zero-order valence-electron chi connectivity index (χ0n) is 22.7. The molecule has 1 saturated heterocycles. The second-order valence-corrected chi connectivity index (χ2v) is 9.17. The summed E-state index contributed by atoms with van der Waals surface area (Å²) in [5.74, 6) is 0. The Morgan fingerprint density at radius 3 is 1.68 bits per heavy atom. The van der Waals surface area contributed by atoms with Crippen molar-refractivity contribution >= 4 is 62.0 Å². The maximum Gasteiger partial charge on any atom is 0.127 e. The van der Waals surface area contributed by atoms with Gasteiger partial charge in [-0.25, -0.2) is 0 Å². The van der Waals surface area contributed by atoms with E-state index in [0.29, 0.717) is 0 Å². The number of hydrogen-bond donors (Lipinski definition) is 4. The Balaban J connectivity index is 0. The Morgan fingerprint density at radius 2 is 1.15 bits per heavy atom. The standard InChI is InChI=1S/C28H39N7.5ClH/c29-28(26-7-1-3-16-33-26,27-8-2-4-17-34-27)25-11-9-24(10-12-25)23-35-21-6-15-31-19-18-30-13-5-14-32-20-22-35;;;;;/h1-4,7-12,16-17,30-32H,5-6,13-15,18-23,29H2;5*1H. The summed E-state index contributed by atoms with van der Waals surface area (Å²) < 4.78 is 0. The van der Waals surface area contributed by atoms with Gasteiger partial charge in [0, 0.05) is 45.1 Å². The van der Waals surface area contributed by atoms with Gasteiger partial charge in [-0.2, -0.15) is 0 Å². The second-order valence-electron chi connectivity index (χ2n) is 9.17. The molecule has 226 valence electrons. The van der Waals surface area contributed by atoms with Crippen LogP contribution in [0.1, 0.15) is 35.4 Å².